The highest BCUT2D eigenvalue weighted by molar-refractivity contribution is 5.31. The van der Waals surface area contributed by atoms with Gasteiger partial charge in [0, 0.05) is 37.3 Å². The molecule has 0 saturated carbocycles. The van der Waals surface area contributed by atoms with E-state index in [9.17, 15) is 0 Å². The molecule has 14 heavy (non-hydrogen) atoms. The highest BCUT2D eigenvalue weighted by atomic mass is 15.3. The van der Waals surface area contributed by atoms with E-state index in [1.54, 1.807) is 0 Å². The van der Waals surface area contributed by atoms with Crippen molar-refractivity contribution in [2.45, 2.75) is 33.2 Å². The quantitative estimate of drug-likeness (QED) is 0.733. The maximum atomic E-state index is 4.50. The lowest BCUT2D eigenvalue weighted by Gasteiger charge is -2.28. The first-order chi connectivity index (χ1) is 6.61. The van der Waals surface area contributed by atoms with E-state index < -0.39 is 0 Å². The van der Waals surface area contributed by atoms with Gasteiger partial charge in [-0.3, -0.25) is 4.68 Å². The van der Waals surface area contributed by atoms with E-state index >= 15 is 0 Å². The highest BCUT2D eigenvalue weighted by Gasteiger charge is 2.27. The molecule has 0 saturated heterocycles. The Labute approximate surface area is 85.5 Å². The molecule has 2 rings (SSSR count). The molecule has 78 valence electrons. The Balaban J connectivity index is 2.48. The molecule has 1 unspecified atom stereocenters. The van der Waals surface area contributed by atoms with Crippen molar-refractivity contribution in [3.8, 4) is 0 Å². The average molecular weight is 193 g/mol. The van der Waals surface area contributed by atoms with Crippen LogP contribution in [0, 0.1) is 12.8 Å². The van der Waals surface area contributed by atoms with Crippen LogP contribution in [0.1, 0.15) is 36.8 Å². The summed E-state index contributed by atoms with van der Waals surface area (Å²) >= 11 is 0. The topological polar surface area (TPSA) is 29.9 Å². The number of nitrogens with zero attached hydrogens (tertiary/aromatic N) is 2. The normalized spacial score (nSPS) is 21.4. The number of hydrogen-bond acceptors (Lipinski definition) is 2. The van der Waals surface area contributed by atoms with Crippen LogP contribution in [0.3, 0.4) is 0 Å². The van der Waals surface area contributed by atoms with Gasteiger partial charge in [-0.2, -0.15) is 5.10 Å². The van der Waals surface area contributed by atoms with Crippen molar-refractivity contribution in [2.75, 3.05) is 6.54 Å². The first kappa shape index (κ1) is 9.71. The Hall–Kier alpha value is -0.830. The van der Waals surface area contributed by atoms with Crippen LogP contribution in [0.15, 0.2) is 0 Å². The Morgan fingerprint density at radius 2 is 2.21 bits per heavy atom. The second-order valence-corrected chi connectivity index (χ2v) is 4.50. The van der Waals surface area contributed by atoms with Crippen LogP contribution in [0.4, 0.5) is 0 Å². The summed E-state index contributed by atoms with van der Waals surface area (Å²) in [6.45, 7) is 7.72. The third-order valence-corrected chi connectivity index (χ3v) is 3.10. The minimum absolute atomic E-state index is 0.493. The van der Waals surface area contributed by atoms with E-state index in [0.29, 0.717) is 12.0 Å². The third kappa shape index (κ3) is 1.36. The maximum Gasteiger partial charge on any atom is 0.0644 e. The smallest absolute Gasteiger partial charge is 0.0644 e. The van der Waals surface area contributed by atoms with Crippen molar-refractivity contribution in [1.29, 1.82) is 0 Å². The molecular weight excluding hydrogens is 174 g/mol. The fourth-order valence-corrected chi connectivity index (χ4v) is 2.44. The molecular formula is C11H19N3. The van der Waals surface area contributed by atoms with Gasteiger partial charge in [0.2, 0.25) is 0 Å². The summed E-state index contributed by atoms with van der Waals surface area (Å²) in [5.41, 5.74) is 4.04. The Kier molecular flexibility index (Phi) is 2.35. The summed E-state index contributed by atoms with van der Waals surface area (Å²) in [5, 5.41) is 8.08. The molecule has 1 aliphatic rings. The van der Waals surface area contributed by atoms with Gasteiger partial charge in [0.15, 0.2) is 0 Å². The maximum absolute atomic E-state index is 4.50. The minimum atomic E-state index is 0.493. The number of aromatic nitrogens is 2. The van der Waals surface area contributed by atoms with Gasteiger partial charge in [0.1, 0.15) is 0 Å². The van der Waals surface area contributed by atoms with Gasteiger partial charge in [-0.1, -0.05) is 13.8 Å². The van der Waals surface area contributed by atoms with Crippen molar-refractivity contribution in [1.82, 2.24) is 15.1 Å². The molecule has 0 amide bonds. The van der Waals surface area contributed by atoms with E-state index in [4.69, 9.17) is 0 Å². The second-order valence-electron chi connectivity index (χ2n) is 4.50. The van der Waals surface area contributed by atoms with E-state index in [0.717, 1.165) is 13.0 Å². The van der Waals surface area contributed by atoms with Gasteiger partial charge in [-0.25, -0.2) is 0 Å². The van der Waals surface area contributed by atoms with Crippen LogP contribution >= 0.6 is 0 Å². The standard InChI is InChI=1S/C11H19N3/c1-7(2)11-10-8(3)13-14(4)9(10)5-6-12-11/h7,11-12H,5-6H2,1-4H3. The van der Waals surface area contributed by atoms with Gasteiger partial charge in [-0.05, 0) is 12.8 Å². The number of hydrogen-bond donors (Lipinski definition) is 1. The molecule has 3 nitrogen and oxygen atoms in total. The monoisotopic (exact) mass is 193 g/mol. The van der Waals surface area contributed by atoms with Crippen LogP contribution < -0.4 is 5.32 Å². The van der Waals surface area contributed by atoms with Gasteiger partial charge >= 0.3 is 0 Å². The molecule has 0 bridgehead atoms. The molecule has 0 fully saturated rings. The summed E-state index contributed by atoms with van der Waals surface area (Å²) in [7, 11) is 2.05. The molecule has 1 atom stereocenters. The lowest BCUT2D eigenvalue weighted by molar-refractivity contribution is 0.390. The molecule has 0 aromatic carbocycles. The molecule has 3 heteroatoms. The number of fused-ring (bicyclic) bond motifs is 1. The van der Waals surface area contributed by atoms with Gasteiger partial charge < -0.3 is 5.32 Å². The van der Waals surface area contributed by atoms with Gasteiger partial charge in [-0.15, -0.1) is 0 Å². The zero-order chi connectivity index (χ0) is 10.3. The molecule has 0 aliphatic carbocycles. The predicted molar refractivity (Wildman–Crippen MR) is 57.2 cm³/mol. The molecule has 0 spiro atoms. The molecule has 1 aliphatic heterocycles. The highest BCUT2D eigenvalue weighted by Crippen LogP contribution is 2.30. The molecule has 1 aromatic heterocycles. The zero-order valence-corrected chi connectivity index (χ0v) is 9.46. The Bertz CT molecular complexity index is 339. The van der Waals surface area contributed by atoms with E-state index in [-0.39, 0.29) is 0 Å². The molecule has 1 N–H and O–H groups in total. The Morgan fingerprint density at radius 1 is 1.50 bits per heavy atom. The zero-order valence-electron chi connectivity index (χ0n) is 9.46. The summed E-state index contributed by atoms with van der Waals surface area (Å²) < 4.78 is 2.04. The SMILES string of the molecule is Cc1nn(C)c2c1C(C(C)C)NCC2. The number of rotatable bonds is 1. The van der Waals surface area contributed by atoms with Crippen molar-refractivity contribution in [2.24, 2.45) is 13.0 Å². The lowest BCUT2D eigenvalue weighted by Crippen LogP contribution is -2.33. The van der Waals surface area contributed by atoms with Gasteiger partial charge in [0.25, 0.3) is 0 Å². The van der Waals surface area contributed by atoms with Crippen molar-refractivity contribution < 1.29 is 0 Å². The summed E-state index contributed by atoms with van der Waals surface area (Å²) in [4.78, 5) is 0. The number of nitrogens with one attached hydrogen (secondary N) is 1. The first-order valence-electron chi connectivity index (χ1n) is 5.37. The lowest BCUT2D eigenvalue weighted by atomic mass is 9.90. The first-order valence-corrected chi connectivity index (χ1v) is 5.37. The molecule has 2 heterocycles. The summed E-state index contributed by atoms with van der Waals surface area (Å²) in [5.74, 6) is 0.636. The van der Waals surface area contributed by atoms with Crippen molar-refractivity contribution >= 4 is 0 Å². The minimum Gasteiger partial charge on any atom is -0.309 e. The van der Waals surface area contributed by atoms with Crippen LogP contribution in [0.2, 0.25) is 0 Å². The van der Waals surface area contributed by atoms with E-state index in [1.165, 1.54) is 17.0 Å². The number of aryl methyl sites for hydroxylation is 2. The van der Waals surface area contributed by atoms with Crippen LogP contribution in [-0.4, -0.2) is 16.3 Å². The summed E-state index contributed by atoms with van der Waals surface area (Å²) in [6.07, 6.45) is 1.11. The van der Waals surface area contributed by atoms with Crippen LogP contribution in [0.25, 0.3) is 0 Å². The largest absolute Gasteiger partial charge is 0.309 e. The van der Waals surface area contributed by atoms with Gasteiger partial charge in [0.05, 0.1) is 5.69 Å². The van der Waals surface area contributed by atoms with Crippen molar-refractivity contribution in [3.05, 3.63) is 17.0 Å². The predicted octanol–water partition coefficient (Wildman–Crippen LogP) is 1.57. The van der Waals surface area contributed by atoms with E-state index in [2.05, 4.69) is 38.2 Å². The van der Waals surface area contributed by atoms with E-state index in [1.807, 2.05) is 4.68 Å². The fraction of sp³-hybridized carbons (Fsp3) is 0.727. The second kappa shape index (κ2) is 3.39. The molecule has 0 radical (unpaired) electrons. The van der Waals surface area contributed by atoms with Crippen molar-refractivity contribution in [3.63, 3.8) is 0 Å². The van der Waals surface area contributed by atoms with Crippen LogP contribution in [0.5, 0.6) is 0 Å². The fourth-order valence-electron chi connectivity index (χ4n) is 2.44. The third-order valence-electron chi connectivity index (χ3n) is 3.10. The molecule has 1 aromatic rings. The van der Waals surface area contributed by atoms with Crippen LogP contribution in [-0.2, 0) is 13.5 Å². The summed E-state index contributed by atoms with van der Waals surface area (Å²) in [6, 6.07) is 0.493. The Morgan fingerprint density at radius 3 is 2.86 bits per heavy atom. The average Bonchev–Trinajstić information content (AvgIpc) is 2.43.